The molecule has 122 valence electrons. The molecule has 0 radical (unpaired) electrons. The van der Waals surface area contributed by atoms with Crippen LogP contribution in [-0.4, -0.2) is 34.5 Å². The van der Waals surface area contributed by atoms with Gasteiger partial charge in [0.05, 0.1) is 23.2 Å². The van der Waals surface area contributed by atoms with Crippen LogP contribution >= 0.6 is 0 Å². The molecule has 9 heteroatoms. The Kier molecular flexibility index (Phi) is 5.67. The lowest BCUT2D eigenvalue weighted by atomic mass is 10.2. The molecule has 24 heavy (non-hydrogen) atoms. The van der Waals surface area contributed by atoms with Crippen molar-refractivity contribution in [3.05, 3.63) is 70.0 Å². The van der Waals surface area contributed by atoms with E-state index in [0.29, 0.717) is 0 Å². The van der Waals surface area contributed by atoms with Crippen molar-refractivity contribution < 1.29 is 14.5 Å². The molecular weight excluding hydrogens is 314 g/mol. The fourth-order valence-corrected chi connectivity index (χ4v) is 1.72. The molecule has 2 rings (SSSR count). The minimum absolute atomic E-state index is 0.126. The van der Waals surface area contributed by atoms with Crippen LogP contribution in [0.2, 0.25) is 0 Å². The van der Waals surface area contributed by atoms with E-state index in [2.05, 4.69) is 20.8 Å². The summed E-state index contributed by atoms with van der Waals surface area (Å²) in [5.41, 5.74) is 2.49. The number of nitrogens with zero attached hydrogens (tertiary/aromatic N) is 3. The largest absolute Gasteiger partial charge is 0.342 e. The zero-order valence-corrected chi connectivity index (χ0v) is 12.4. The molecule has 0 unspecified atom stereocenters. The van der Waals surface area contributed by atoms with Gasteiger partial charge in [-0.15, -0.1) is 0 Å². The lowest BCUT2D eigenvalue weighted by Gasteiger charge is -2.03. The number of nitro groups is 1. The van der Waals surface area contributed by atoms with Gasteiger partial charge in [-0.25, -0.2) is 5.43 Å². The molecule has 0 atom stereocenters. The Morgan fingerprint density at radius 1 is 1.21 bits per heavy atom. The zero-order valence-electron chi connectivity index (χ0n) is 12.4. The van der Waals surface area contributed by atoms with Gasteiger partial charge in [-0.3, -0.25) is 24.7 Å². The van der Waals surface area contributed by atoms with Crippen LogP contribution in [0.3, 0.4) is 0 Å². The lowest BCUT2D eigenvalue weighted by Crippen LogP contribution is -2.35. The van der Waals surface area contributed by atoms with Gasteiger partial charge in [0.25, 0.3) is 17.5 Å². The van der Waals surface area contributed by atoms with E-state index in [9.17, 15) is 19.7 Å². The molecule has 0 spiro atoms. The molecule has 1 aromatic heterocycles. The number of aromatic nitrogens is 1. The second kappa shape index (κ2) is 8.13. The summed E-state index contributed by atoms with van der Waals surface area (Å²) in [6.45, 7) is -0.302. The van der Waals surface area contributed by atoms with Gasteiger partial charge in [0, 0.05) is 12.3 Å². The number of nitrogens with one attached hydrogen (secondary N) is 2. The first kappa shape index (κ1) is 16.7. The Balaban J connectivity index is 1.85. The number of carbonyl (C=O) groups is 2. The van der Waals surface area contributed by atoms with E-state index in [1.807, 2.05) is 0 Å². The SMILES string of the molecule is O=C(CNC(=O)c1ccccn1)N/N=C\c1ccccc1[N+](=O)[O-]. The van der Waals surface area contributed by atoms with Crippen LogP contribution in [0.25, 0.3) is 0 Å². The summed E-state index contributed by atoms with van der Waals surface area (Å²) in [6, 6.07) is 10.8. The Morgan fingerprint density at radius 3 is 2.67 bits per heavy atom. The molecule has 2 N–H and O–H groups in total. The van der Waals surface area contributed by atoms with Gasteiger partial charge in [-0.05, 0) is 18.2 Å². The summed E-state index contributed by atoms with van der Waals surface area (Å²) in [5, 5.41) is 16.9. The number of amides is 2. The van der Waals surface area contributed by atoms with Gasteiger partial charge in [-0.1, -0.05) is 18.2 Å². The number of pyridine rings is 1. The van der Waals surface area contributed by atoms with E-state index in [1.54, 1.807) is 18.2 Å². The van der Waals surface area contributed by atoms with Crippen molar-refractivity contribution >= 4 is 23.7 Å². The first-order chi connectivity index (χ1) is 11.6. The minimum atomic E-state index is -0.575. The number of rotatable bonds is 6. The fraction of sp³-hybridized carbons (Fsp3) is 0.0667. The fourth-order valence-electron chi connectivity index (χ4n) is 1.72. The Hall–Kier alpha value is -3.62. The minimum Gasteiger partial charge on any atom is -0.342 e. The van der Waals surface area contributed by atoms with Crippen LogP contribution in [0.1, 0.15) is 16.1 Å². The molecule has 0 saturated heterocycles. The molecule has 1 aromatic carbocycles. The van der Waals surface area contributed by atoms with Crippen molar-refractivity contribution in [3.8, 4) is 0 Å². The van der Waals surface area contributed by atoms with Crippen LogP contribution < -0.4 is 10.7 Å². The molecule has 1 heterocycles. The van der Waals surface area contributed by atoms with Crippen LogP contribution in [0.15, 0.2) is 53.8 Å². The number of hydrogen-bond acceptors (Lipinski definition) is 6. The van der Waals surface area contributed by atoms with E-state index < -0.39 is 16.7 Å². The van der Waals surface area contributed by atoms with Crippen molar-refractivity contribution in [3.63, 3.8) is 0 Å². The van der Waals surface area contributed by atoms with Crippen LogP contribution in [0, 0.1) is 10.1 Å². The number of para-hydroxylation sites is 1. The second-order valence-electron chi connectivity index (χ2n) is 4.51. The van der Waals surface area contributed by atoms with E-state index in [4.69, 9.17) is 0 Å². The maximum Gasteiger partial charge on any atom is 0.278 e. The van der Waals surface area contributed by atoms with Crippen molar-refractivity contribution in [2.24, 2.45) is 5.10 Å². The molecule has 2 amide bonds. The second-order valence-corrected chi connectivity index (χ2v) is 4.51. The van der Waals surface area contributed by atoms with Gasteiger partial charge in [-0.2, -0.15) is 5.10 Å². The number of benzene rings is 1. The van der Waals surface area contributed by atoms with Gasteiger partial charge in [0.15, 0.2) is 0 Å². The maximum atomic E-state index is 11.7. The Labute approximate surface area is 136 Å². The summed E-state index contributed by atoms with van der Waals surface area (Å²) in [7, 11) is 0. The van der Waals surface area contributed by atoms with E-state index >= 15 is 0 Å². The van der Waals surface area contributed by atoms with E-state index in [-0.39, 0.29) is 23.5 Å². The quantitative estimate of drug-likeness (QED) is 0.462. The smallest absolute Gasteiger partial charge is 0.278 e. The molecule has 0 fully saturated rings. The molecule has 0 saturated carbocycles. The molecule has 2 aromatic rings. The van der Waals surface area contributed by atoms with Crippen molar-refractivity contribution in [1.82, 2.24) is 15.7 Å². The third kappa shape index (κ3) is 4.70. The average Bonchev–Trinajstić information content (AvgIpc) is 2.60. The van der Waals surface area contributed by atoms with Gasteiger partial charge in [0.2, 0.25) is 0 Å². The molecular formula is C15H13N5O4. The standard InChI is InChI=1S/C15H13N5O4/c21-14(10-17-15(22)12-6-3-4-8-16-12)19-18-9-11-5-1-2-7-13(11)20(23)24/h1-9H,10H2,(H,17,22)(H,19,21)/b18-9-. The van der Waals surface area contributed by atoms with Crippen molar-refractivity contribution in [1.29, 1.82) is 0 Å². The Morgan fingerprint density at radius 2 is 1.96 bits per heavy atom. The summed E-state index contributed by atoms with van der Waals surface area (Å²) >= 11 is 0. The van der Waals surface area contributed by atoms with Gasteiger partial charge < -0.3 is 5.32 Å². The normalized spacial score (nSPS) is 10.3. The molecule has 0 aliphatic carbocycles. The number of hydrazone groups is 1. The van der Waals surface area contributed by atoms with Crippen molar-refractivity contribution in [2.75, 3.05) is 6.54 Å². The van der Waals surface area contributed by atoms with Crippen LogP contribution in [0.5, 0.6) is 0 Å². The molecule has 0 aliphatic rings. The van der Waals surface area contributed by atoms with Crippen LogP contribution in [-0.2, 0) is 4.79 Å². The molecule has 9 nitrogen and oxygen atoms in total. The number of nitro benzene ring substituents is 1. The summed E-state index contributed by atoms with van der Waals surface area (Å²) in [5.74, 6) is -1.07. The third-order valence-electron chi connectivity index (χ3n) is 2.83. The van der Waals surface area contributed by atoms with E-state index in [1.165, 1.54) is 30.5 Å². The zero-order chi connectivity index (χ0) is 17.4. The monoisotopic (exact) mass is 327 g/mol. The van der Waals surface area contributed by atoms with E-state index in [0.717, 1.165) is 6.21 Å². The number of carbonyl (C=O) groups excluding carboxylic acids is 2. The molecule has 0 bridgehead atoms. The number of hydrogen-bond donors (Lipinski definition) is 2. The highest BCUT2D eigenvalue weighted by atomic mass is 16.6. The topological polar surface area (TPSA) is 127 Å². The first-order valence-corrected chi connectivity index (χ1v) is 6.82. The van der Waals surface area contributed by atoms with Crippen LogP contribution in [0.4, 0.5) is 5.69 Å². The third-order valence-corrected chi connectivity index (χ3v) is 2.83. The summed E-state index contributed by atoms with van der Waals surface area (Å²) in [4.78, 5) is 37.4. The summed E-state index contributed by atoms with van der Waals surface area (Å²) in [6.07, 6.45) is 2.63. The maximum absolute atomic E-state index is 11.7. The highest BCUT2D eigenvalue weighted by Gasteiger charge is 2.10. The highest BCUT2D eigenvalue weighted by Crippen LogP contribution is 2.14. The Bertz CT molecular complexity index is 776. The average molecular weight is 327 g/mol. The molecule has 0 aliphatic heterocycles. The predicted octanol–water partition coefficient (Wildman–Crippen LogP) is 0.870. The summed E-state index contributed by atoms with van der Waals surface area (Å²) < 4.78 is 0. The van der Waals surface area contributed by atoms with Gasteiger partial charge >= 0.3 is 0 Å². The predicted molar refractivity (Wildman–Crippen MR) is 85.4 cm³/mol. The highest BCUT2D eigenvalue weighted by molar-refractivity contribution is 5.95. The first-order valence-electron chi connectivity index (χ1n) is 6.82. The van der Waals surface area contributed by atoms with Gasteiger partial charge in [0.1, 0.15) is 5.69 Å². The van der Waals surface area contributed by atoms with Crippen molar-refractivity contribution in [2.45, 2.75) is 0 Å². The lowest BCUT2D eigenvalue weighted by molar-refractivity contribution is -0.385.